The molecule has 6 nitrogen and oxygen atoms in total. The van der Waals surface area contributed by atoms with E-state index < -0.39 is 6.23 Å². The van der Waals surface area contributed by atoms with E-state index in [0.717, 1.165) is 0 Å². The van der Waals surface area contributed by atoms with Gasteiger partial charge in [-0.15, -0.1) is 0 Å². The highest BCUT2D eigenvalue weighted by Crippen LogP contribution is 2.13. The van der Waals surface area contributed by atoms with Crippen molar-refractivity contribution in [1.82, 2.24) is 15.5 Å². The molecule has 1 aromatic rings. The average molecular weight is 168 g/mol. The number of amides is 1. The first kappa shape index (κ1) is 7.11. The minimum Gasteiger partial charge on any atom is -0.372 e. The van der Waals surface area contributed by atoms with Crippen LogP contribution in [0.1, 0.15) is 10.4 Å². The highest BCUT2D eigenvalue weighted by Gasteiger charge is 2.20. The molecule has 0 aliphatic carbocycles. The van der Waals surface area contributed by atoms with Crippen molar-refractivity contribution in [3.8, 4) is 0 Å². The number of H-pyrrole nitrogens is 1. The van der Waals surface area contributed by atoms with Gasteiger partial charge in [-0.2, -0.15) is 5.10 Å². The lowest BCUT2D eigenvalue weighted by Gasteiger charge is -2.07. The maximum atomic E-state index is 11.2. The predicted molar refractivity (Wildman–Crippen MR) is 40.6 cm³/mol. The smallest absolute Gasteiger partial charge is 0.256 e. The second-order valence-electron chi connectivity index (χ2n) is 2.53. The molecule has 64 valence electrons. The van der Waals surface area contributed by atoms with Crippen LogP contribution in [-0.2, 0) is 0 Å². The zero-order valence-corrected chi connectivity index (χ0v) is 6.16. The van der Waals surface area contributed by atoms with Gasteiger partial charge in [0.1, 0.15) is 17.6 Å². The van der Waals surface area contributed by atoms with Crippen LogP contribution in [0, 0.1) is 0 Å². The molecule has 2 rings (SSSR count). The maximum Gasteiger partial charge on any atom is 0.256 e. The molecule has 12 heavy (non-hydrogen) atoms. The van der Waals surface area contributed by atoms with E-state index in [9.17, 15) is 9.90 Å². The average Bonchev–Trinajstić information content (AvgIpc) is 2.44. The number of β-amino-alcohol motifs (C(OH)–C–C–N with tert-alkyl or cyclic N) is 1. The fourth-order valence-corrected chi connectivity index (χ4v) is 1.07. The molecule has 0 spiro atoms. The molecule has 0 radical (unpaired) electrons. The molecule has 1 amide bonds. The summed E-state index contributed by atoms with van der Waals surface area (Å²) in [6.07, 6.45) is 0.644. The van der Waals surface area contributed by atoms with Crippen molar-refractivity contribution < 1.29 is 9.90 Å². The van der Waals surface area contributed by atoms with Crippen LogP contribution in [0.4, 0.5) is 5.82 Å². The summed E-state index contributed by atoms with van der Waals surface area (Å²) in [5.41, 5.74) is 0.423. The number of nitrogens with zero attached hydrogens (tertiary/aromatic N) is 1. The van der Waals surface area contributed by atoms with E-state index in [4.69, 9.17) is 0 Å². The fourth-order valence-electron chi connectivity index (χ4n) is 1.07. The fraction of sp³-hybridized carbons (Fsp3) is 0.333. The molecule has 0 bridgehead atoms. The monoisotopic (exact) mass is 168 g/mol. The Morgan fingerprint density at radius 2 is 2.50 bits per heavy atom. The molecule has 1 unspecified atom stereocenters. The topological polar surface area (TPSA) is 90.0 Å². The number of aliphatic hydroxyl groups excluding tert-OH is 1. The van der Waals surface area contributed by atoms with Crippen molar-refractivity contribution >= 4 is 11.7 Å². The SMILES string of the molecule is O=C1NCC(O)Nc2[nH]ncc21. The molecular formula is C6H8N4O2. The van der Waals surface area contributed by atoms with Gasteiger partial charge >= 0.3 is 0 Å². The van der Waals surface area contributed by atoms with E-state index in [1.165, 1.54) is 6.20 Å². The van der Waals surface area contributed by atoms with Gasteiger partial charge in [-0.3, -0.25) is 9.89 Å². The summed E-state index contributed by atoms with van der Waals surface area (Å²) in [4.78, 5) is 11.2. The largest absolute Gasteiger partial charge is 0.372 e. The van der Waals surface area contributed by atoms with Crippen LogP contribution in [0.2, 0.25) is 0 Å². The van der Waals surface area contributed by atoms with Crippen LogP contribution in [0.25, 0.3) is 0 Å². The molecular weight excluding hydrogens is 160 g/mol. The van der Waals surface area contributed by atoms with Gasteiger partial charge in [0.2, 0.25) is 0 Å². The zero-order valence-electron chi connectivity index (χ0n) is 6.16. The number of fused-ring (bicyclic) bond motifs is 1. The Morgan fingerprint density at radius 3 is 3.33 bits per heavy atom. The van der Waals surface area contributed by atoms with E-state index in [2.05, 4.69) is 20.8 Å². The number of carbonyl (C=O) groups is 1. The van der Waals surface area contributed by atoms with Crippen molar-refractivity contribution in [3.63, 3.8) is 0 Å². The number of aliphatic hydroxyl groups is 1. The molecule has 2 heterocycles. The minimum absolute atomic E-state index is 0.196. The summed E-state index contributed by atoms with van der Waals surface area (Å²) in [7, 11) is 0. The second-order valence-corrected chi connectivity index (χ2v) is 2.53. The number of carbonyl (C=O) groups excluding carboxylic acids is 1. The van der Waals surface area contributed by atoms with Crippen LogP contribution in [-0.4, -0.2) is 34.0 Å². The molecule has 1 aliphatic rings. The summed E-state index contributed by atoms with van der Waals surface area (Å²) in [5, 5.41) is 20.7. The zero-order chi connectivity index (χ0) is 8.55. The summed E-state index contributed by atoms with van der Waals surface area (Å²) in [5.74, 6) is 0.223. The standard InChI is InChI=1S/C6H8N4O2/c11-4-2-7-6(12)3-1-8-10-5(3)9-4/h1,4,11H,2H2,(H,7,12)(H2,8,9,10). The first-order valence-corrected chi connectivity index (χ1v) is 3.53. The summed E-state index contributed by atoms with van der Waals surface area (Å²) in [6, 6.07) is 0. The van der Waals surface area contributed by atoms with Crippen LogP contribution in [0.15, 0.2) is 6.20 Å². The maximum absolute atomic E-state index is 11.2. The van der Waals surface area contributed by atoms with Gasteiger partial charge in [-0.25, -0.2) is 0 Å². The quantitative estimate of drug-likeness (QED) is 0.395. The predicted octanol–water partition coefficient (Wildman–Crippen LogP) is -1.12. The van der Waals surface area contributed by atoms with Crippen molar-refractivity contribution in [2.45, 2.75) is 6.23 Å². The van der Waals surface area contributed by atoms with Gasteiger partial charge in [-0.05, 0) is 0 Å². The number of hydrogen-bond donors (Lipinski definition) is 4. The molecule has 0 fully saturated rings. The number of hydrogen-bond acceptors (Lipinski definition) is 4. The third-order valence-electron chi connectivity index (χ3n) is 1.65. The van der Waals surface area contributed by atoms with E-state index >= 15 is 0 Å². The van der Waals surface area contributed by atoms with Crippen molar-refractivity contribution in [3.05, 3.63) is 11.8 Å². The number of rotatable bonds is 0. The molecule has 0 saturated heterocycles. The minimum atomic E-state index is -0.768. The first-order valence-electron chi connectivity index (χ1n) is 3.53. The Bertz CT molecular complexity index is 308. The van der Waals surface area contributed by atoms with Crippen LogP contribution in [0.3, 0.4) is 0 Å². The van der Waals surface area contributed by atoms with Gasteiger partial charge in [0, 0.05) is 0 Å². The summed E-state index contributed by atoms with van der Waals surface area (Å²) >= 11 is 0. The lowest BCUT2D eigenvalue weighted by molar-refractivity contribution is 0.0936. The molecule has 0 saturated carbocycles. The van der Waals surface area contributed by atoms with E-state index in [1.54, 1.807) is 0 Å². The third-order valence-corrected chi connectivity index (χ3v) is 1.65. The number of nitrogens with one attached hydrogen (secondary N) is 3. The number of aromatic amines is 1. The molecule has 4 N–H and O–H groups in total. The van der Waals surface area contributed by atoms with Crippen LogP contribution in [0.5, 0.6) is 0 Å². The normalized spacial score (nSPS) is 22.1. The Labute approximate surface area is 68.0 Å². The molecule has 1 aliphatic heterocycles. The summed E-state index contributed by atoms with van der Waals surface area (Å²) in [6.45, 7) is 0.196. The Morgan fingerprint density at radius 1 is 1.67 bits per heavy atom. The van der Waals surface area contributed by atoms with Crippen molar-refractivity contribution in [2.75, 3.05) is 11.9 Å². The molecule has 1 atom stereocenters. The van der Waals surface area contributed by atoms with E-state index in [1.807, 2.05) is 0 Å². The van der Waals surface area contributed by atoms with Gasteiger partial charge in [0.25, 0.3) is 5.91 Å². The van der Waals surface area contributed by atoms with Crippen molar-refractivity contribution in [1.29, 1.82) is 0 Å². The van der Waals surface area contributed by atoms with E-state index in [-0.39, 0.29) is 12.5 Å². The van der Waals surface area contributed by atoms with Gasteiger partial charge in [0.05, 0.1) is 12.7 Å². The lowest BCUT2D eigenvalue weighted by atomic mass is 10.3. The first-order chi connectivity index (χ1) is 5.77. The highest BCUT2D eigenvalue weighted by molar-refractivity contribution is 5.99. The van der Waals surface area contributed by atoms with Gasteiger partial charge in [0.15, 0.2) is 0 Å². The highest BCUT2D eigenvalue weighted by atomic mass is 16.3. The second kappa shape index (κ2) is 2.49. The van der Waals surface area contributed by atoms with Crippen molar-refractivity contribution in [2.24, 2.45) is 0 Å². The van der Waals surface area contributed by atoms with Gasteiger partial charge < -0.3 is 15.7 Å². The lowest BCUT2D eigenvalue weighted by Crippen LogP contribution is -2.32. The van der Waals surface area contributed by atoms with Gasteiger partial charge in [-0.1, -0.05) is 0 Å². The van der Waals surface area contributed by atoms with E-state index in [0.29, 0.717) is 11.4 Å². The third kappa shape index (κ3) is 1.02. The molecule has 6 heteroatoms. The Balaban J connectivity index is 2.38. The molecule has 0 aromatic carbocycles. The number of aromatic nitrogens is 2. The summed E-state index contributed by atoms with van der Waals surface area (Å²) < 4.78 is 0. The number of anilines is 1. The van der Waals surface area contributed by atoms with Crippen LogP contribution >= 0.6 is 0 Å². The Hall–Kier alpha value is -1.56. The van der Waals surface area contributed by atoms with Crippen LogP contribution < -0.4 is 10.6 Å². The Kier molecular flexibility index (Phi) is 1.47. The molecule has 1 aromatic heterocycles.